The molecule has 2 aliphatic heterocycles. The first-order valence-electron chi connectivity index (χ1n) is 10.4. The van der Waals surface area contributed by atoms with E-state index in [2.05, 4.69) is 25.5 Å². The Labute approximate surface area is 175 Å². The minimum atomic E-state index is -0.0300. The molecular formula is C20H29N5O3S. The molecule has 0 bridgehead atoms. The molecule has 2 fully saturated rings. The lowest BCUT2D eigenvalue weighted by Crippen LogP contribution is -2.38. The summed E-state index contributed by atoms with van der Waals surface area (Å²) in [6.45, 7) is 8.74. The van der Waals surface area contributed by atoms with Crippen LogP contribution in [0.1, 0.15) is 34.5 Å². The van der Waals surface area contributed by atoms with Crippen molar-refractivity contribution < 1.29 is 14.3 Å². The zero-order chi connectivity index (χ0) is 20.1. The molecule has 1 unspecified atom stereocenters. The molecule has 0 spiro atoms. The predicted molar refractivity (Wildman–Crippen MR) is 114 cm³/mol. The molecule has 0 radical (unpaired) electrons. The number of ether oxygens (including phenoxy) is 2. The standard InChI is InChI=1S/C20H29N5O3S/c1-14-16-18(22-12-15-4-2-9-28-15)23-13-24-20(16)29-17(14)19(26)21-5-3-6-25-7-10-27-11-8-25/h13,15H,2-12H2,1H3,(H,21,26)(H,22,23,24). The van der Waals surface area contributed by atoms with Crippen LogP contribution in [0.25, 0.3) is 10.2 Å². The lowest BCUT2D eigenvalue weighted by atomic mass is 10.2. The highest BCUT2D eigenvalue weighted by atomic mass is 32.1. The number of nitrogens with zero attached hydrogens (tertiary/aromatic N) is 3. The maximum absolute atomic E-state index is 12.7. The van der Waals surface area contributed by atoms with Gasteiger partial charge in [0.2, 0.25) is 0 Å². The first-order valence-corrected chi connectivity index (χ1v) is 11.2. The average Bonchev–Trinajstić information content (AvgIpc) is 3.39. The number of carbonyl (C=O) groups excluding carboxylic acids is 1. The van der Waals surface area contributed by atoms with Crippen molar-refractivity contribution in [1.82, 2.24) is 20.2 Å². The third-order valence-electron chi connectivity index (χ3n) is 5.49. The van der Waals surface area contributed by atoms with Crippen molar-refractivity contribution in [1.29, 1.82) is 0 Å². The number of hydrogen-bond acceptors (Lipinski definition) is 8. The van der Waals surface area contributed by atoms with Gasteiger partial charge in [0.25, 0.3) is 5.91 Å². The van der Waals surface area contributed by atoms with E-state index in [1.54, 1.807) is 6.33 Å². The first kappa shape index (κ1) is 20.5. The molecule has 9 heteroatoms. The third-order valence-corrected chi connectivity index (χ3v) is 6.69. The summed E-state index contributed by atoms with van der Waals surface area (Å²) >= 11 is 1.43. The van der Waals surface area contributed by atoms with Gasteiger partial charge in [-0.05, 0) is 38.3 Å². The SMILES string of the molecule is Cc1c(C(=O)NCCCN2CCOCC2)sc2ncnc(NCC3CCCO3)c12. The van der Waals surface area contributed by atoms with Crippen LogP contribution >= 0.6 is 11.3 Å². The summed E-state index contributed by atoms with van der Waals surface area (Å²) < 4.78 is 11.0. The van der Waals surface area contributed by atoms with E-state index in [1.807, 2.05) is 6.92 Å². The lowest BCUT2D eigenvalue weighted by Gasteiger charge is -2.26. The fourth-order valence-electron chi connectivity index (χ4n) is 3.85. The van der Waals surface area contributed by atoms with Crippen LogP contribution in [0.3, 0.4) is 0 Å². The van der Waals surface area contributed by atoms with Gasteiger partial charge in [0, 0.05) is 32.8 Å². The van der Waals surface area contributed by atoms with E-state index in [9.17, 15) is 4.79 Å². The quantitative estimate of drug-likeness (QED) is 0.633. The van der Waals surface area contributed by atoms with Gasteiger partial charge in [-0.1, -0.05) is 0 Å². The summed E-state index contributed by atoms with van der Waals surface area (Å²) in [5, 5.41) is 7.39. The largest absolute Gasteiger partial charge is 0.379 e. The van der Waals surface area contributed by atoms with Crippen molar-refractivity contribution in [3.8, 4) is 0 Å². The van der Waals surface area contributed by atoms with Crippen molar-refractivity contribution in [2.24, 2.45) is 0 Å². The van der Waals surface area contributed by atoms with Gasteiger partial charge in [0.15, 0.2) is 0 Å². The number of fused-ring (bicyclic) bond motifs is 1. The van der Waals surface area contributed by atoms with Gasteiger partial charge in [-0.2, -0.15) is 0 Å². The highest BCUT2D eigenvalue weighted by molar-refractivity contribution is 7.20. The molecule has 4 heterocycles. The topological polar surface area (TPSA) is 88.6 Å². The first-order chi connectivity index (χ1) is 14.2. The summed E-state index contributed by atoms with van der Waals surface area (Å²) in [4.78, 5) is 25.5. The Morgan fingerprint density at radius 1 is 1.31 bits per heavy atom. The Kier molecular flexibility index (Phi) is 6.91. The van der Waals surface area contributed by atoms with Crippen LogP contribution in [-0.4, -0.2) is 79.4 Å². The van der Waals surface area contributed by atoms with E-state index in [1.165, 1.54) is 11.3 Å². The maximum Gasteiger partial charge on any atom is 0.261 e. The van der Waals surface area contributed by atoms with E-state index in [0.29, 0.717) is 11.4 Å². The number of nitrogens with one attached hydrogen (secondary N) is 2. The maximum atomic E-state index is 12.7. The number of morpholine rings is 1. The zero-order valence-electron chi connectivity index (χ0n) is 16.9. The van der Waals surface area contributed by atoms with Crippen molar-refractivity contribution in [2.75, 3.05) is 57.9 Å². The number of amides is 1. The summed E-state index contributed by atoms with van der Waals surface area (Å²) in [6, 6.07) is 0. The van der Waals surface area contributed by atoms with Gasteiger partial charge >= 0.3 is 0 Å². The molecule has 29 heavy (non-hydrogen) atoms. The molecule has 158 valence electrons. The van der Waals surface area contributed by atoms with Crippen LogP contribution < -0.4 is 10.6 Å². The van der Waals surface area contributed by atoms with Gasteiger partial charge < -0.3 is 20.1 Å². The zero-order valence-corrected chi connectivity index (χ0v) is 17.7. The number of carbonyl (C=O) groups is 1. The average molecular weight is 420 g/mol. The number of aryl methyl sites for hydroxylation is 1. The number of anilines is 1. The van der Waals surface area contributed by atoms with Crippen molar-refractivity contribution in [3.05, 3.63) is 16.8 Å². The highest BCUT2D eigenvalue weighted by Crippen LogP contribution is 2.33. The predicted octanol–water partition coefficient (Wildman–Crippen LogP) is 2.04. The van der Waals surface area contributed by atoms with Gasteiger partial charge in [-0.15, -0.1) is 11.3 Å². The van der Waals surface area contributed by atoms with Gasteiger partial charge in [0.05, 0.1) is 29.6 Å². The van der Waals surface area contributed by atoms with E-state index in [4.69, 9.17) is 9.47 Å². The van der Waals surface area contributed by atoms with Gasteiger partial charge in [-0.3, -0.25) is 9.69 Å². The number of hydrogen-bond donors (Lipinski definition) is 2. The summed E-state index contributed by atoms with van der Waals surface area (Å²) in [7, 11) is 0. The molecule has 2 aliphatic rings. The van der Waals surface area contributed by atoms with Crippen LogP contribution in [0.5, 0.6) is 0 Å². The van der Waals surface area contributed by atoms with Crippen molar-refractivity contribution in [2.45, 2.75) is 32.3 Å². The molecule has 1 amide bonds. The molecule has 1 atom stereocenters. The molecule has 0 aromatic carbocycles. The third kappa shape index (κ3) is 5.03. The van der Waals surface area contributed by atoms with E-state index in [0.717, 1.165) is 86.9 Å². The van der Waals surface area contributed by atoms with Crippen LogP contribution in [0.4, 0.5) is 5.82 Å². The monoisotopic (exact) mass is 419 g/mol. The smallest absolute Gasteiger partial charge is 0.261 e. The normalized spacial score (nSPS) is 20.2. The molecular weight excluding hydrogens is 390 g/mol. The van der Waals surface area contributed by atoms with Gasteiger partial charge in [0.1, 0.15) is 17.0 Å². The number of thiophene rings is 1. The molecule has 8 nitrogen and oxygen atoms in total. The Balaban J connectivity index is 1.36. The van der Waals surface area contributed by atoms with E-state index < -0.39 is 0 Å². The fraction of sp³-hybridized carbons (Fsp3) is 0.650. The second-order valence-electron chi connectivity index (χ2n) is 7.54. The van der Waals surface area contributed by atoms with Crippen molar-refractivity contribution >= 4 is 33.3 Å². The molecule has 0 saturated carbocycles. The van der Waals surface area contributed by atoms with E-state index in [-0.39, 0.29) is 12.0 Å². The Morgan fingerprint density at radius 2 is 2.17 bits per heavy atom. The summed E-state index contributed by atoms with van der Waals surface area (Å²) in [6.07, 6.45) is 4.90. The van der Waals surface area contributed by atoms with Gasteiger partial charge in [-0.25, -0.2) is 9.97 Å². The number of rotatable bonds is 8. The minimum Gasteiger partial charge on any atom is -0.379 e. The second-order valence-corrected chi connectivity index (χ2v) is 8.54. The van der Waals surface area contributed by atoms with Crippen molar-refractivity contribution in [3.63, 3.8) is 0 Å². The Hall–Kier alpha value is -1.81. The lowest BCUT2D eigenvalue weighted by molar-refractivity contribution is 0.0374. The Bertz CT molecular complexity index is 831. The minimum absolute atomic E-state index is 0.0300. The van der Waals surface area contributed by atoms with Crippen LogP contribution in [0, 0.1) is 6.92 Å². The van der Waals surface area contributed by atoms with E-state index >= 15 is 0 Å². The summed E-state index contributed by atoms with van der Waals surface area (Å²) in [5.41, 5.74) is 0.936. The molecule has 0 aliphatic carbocycles. The Morgan fingerprint density at radius 3 is 2.97 bits per heavy atom. The summed E-state index contributed by atoms with van der Waals surface area (Å²) in [5.74, 6) is 0.753. The molecule has 2 aromatic rings. The molecule has 2 saturated heterocycles. The van der Waals surface area contributed by atoms with Crippen LogP contribution in [0.15, 0.2) is 6.33 Å². The molecule has 2 N–H and O–H groups in total. The fourth-order valence-corrected chi connectivity index (χ4v) is 4.91. The molecule has 4 rings (SSSR count). The highest BCUT2D eigenvalue weighted by Gasteiger charge is 2.21. The molecule has 2 aromatic heterocycles. The van der Waals surface area contributed by atoms with Crippen LogP contribution in [0.2, 0.25) is 0 Å². The second kappa shape index (κ2) is 9.80. The number of aromatic nitrogens is 2. The van der Waals surface area contributed by atoms with Crippen LogP contribution in [-0.2, 0) is 9.47 Å².